The molecule has 0 spiro atoms. The minimum atomic E-state index is -1.06. The highest BCUT2D eigenvalue weighted by atomic mass is 16.6. The Labute approximate surface area is 129 Å². The first kappa shape index (κ1) is 16.2. The summed E-state index contributed by atoms with van der Waals surface area (Å²) in [6, 6.07) is 0.934. The number of nitro groups is 1. The van der Waals surface area contributed by atoms with Gasteiger partial charge in [-0.15, -0.1) is 0 Å². The van der Waals surface area contributed by atoms with Gasteiger partial charge in [0.15, 0.2) is 11.3 Å². The van der Waals surface area contributed by atoms with Crippen molar-refractivity contribution in [2.75, 3.05) is 0 Å². The van der Waals surface area contributed by atoms with Crippen LogP contribution in [0.1, 0.15) is 30.1 Å². The summed E-state index contributed by atoms with van der Waals surface area (Å²) in [5.41, 5.74) is -1.75. The van der Waals surface area contributed by atoms with Crippen LogP contribution in [0.5, 0.6) is 11.5 Å². The molecule has 0 atom stereocenters. The Morgan fingerprint density at radius 1 is 1.43 bits per heavy atom. The lowest BCUT2D eigenvalue weighted by molar-refractivity contribution is -0.386. The molecule has 1 heterocycles. The molecule has 2 aromatic rings. The van der Waals surface area contributed by atoms with Crippen molar-refractivity contribution in [2.45, 2.75) is 26.9 Å². The number of phenols is 2. The first-order valence-corrected chi connectivity index (χ1v) is 6.47. The smallest absolute Gasteiger partial charge is 0.346 e. The Morgan fingerprint density at radius 3 is 2.57 bits per heavy atom. The maximum absolute atomic E-state index is 12.2. The van der Waals surface area contributed by atoms with Crippen molar-refractivity contribution in [2.24, 2.45) is 0 Å². The molecule has 10 nitrogen and oxygen atoms in total. The molecule has 0 amide bonds. The van der Waals surface area contributed by atoms with Gasteiger partial charge in [0, 0.05) is 12.5 Å². The normalized spacial score (nSPS) is 10.8. The zero-order valence-electron chi connectivity index (χ0n) is 12.4. The molecule has 23 heavy (non-hydrogen) atoms. The van der Waals surface area contributed by atoms with Crippen molar-refractivity contribution in [3.8, 4) is 22.9 Å². The second-order valence-corrected chi connectivity index (χ2v) is 4.86. The number of nitrogens with zero attached hydrogens (tertiary/aromatic N) is 3. The van der Waals surface area contributed by atoms with Crippen LogP contribution in [0, 0.1) is 17.0 Å². The van der Waals surface area contributed by atoms with Gasteiger partial charge in [-0.2, -0.15) is 4.98 Å². The average Bonchev–Trinajstić information content (AvgIpc) is 2.86. The van der Waals surface area contributed by atoms with Crippen molar-refractivity contribution >= 4 is 11.7 Å². The molecule has 2 rings (SSSR count). The highest BCUT2D eigenvalue weighted by Crippen LogP contribution is 2.43. The van der Waals surface area contributed by atoms with Crippen molar-refractivity contribution < 1.29 is 29.2 Å². The summed E-state index contributed by atoms with van der Waals surface area (Å²) in [4.78, 5) is 26.4. The molecule has 0 aliphatic heterocycles. The third kappa shape index (κ3) is 3.05. The molecule has 10 heteroatoms. The molecule has 0 saturated heterocycles. The number of rotatable bonds is 4. The number of hydrogen-bond donors (Lipinski definition) is 2. The van der Waals surface area contributed by atoms with Crippen molar-refractivity contribution in [3.63, 3.8) is 0 Å². The summed E-state index contributed by atoms with van der Waals surface area (Å²) in [5, 5.41) is 34.2. The highest BCUT2D eigenvalue weighted by Gasteiger charge is 2.34. The van der Waals surface area contributed by atoms with E-state index >= 15 is 0 Å². The number of nitro benzene ring substituents is 1. The van der Waals surface area contributed by atoms with Crippen LogP contribution in [-0.2, 0) is 4.74 Å². The van der Waals surface area contributed by atoms with E-state index in [1.807, 2.05) is 0 Å². The lowest BCUT2D eigenvalue weighted by Crippen LogP contribution is -2.15. The fourth-order valence-electron chi connectivity index (χ4n) is 1.89. The molecule has 1 aromatic heterocycles. The number of carbonyl (C=O) groups is 1. The lowest BCUT2D eigenvalue weighted by atomic mass is 10.0. The average molecular weight is 323 g/mol. The number of aromatic nitrogens is 2. The van der Waals surface area contributed by atoms with Gasteiger partial charge < -0.3 is 19.5 Å². The maximum atomic E-state index is 12.2. The predicted molar refractivity (Wildman–Crippen MR) is 75.0 cm³/mol. The second kappa shape index (κ2) is 5.91. The fraction of sp³-hybridized carbons (Fsp3) is 0.308. The molecule has 122 valence electrons. The SMILES string of the molecule is Cc1nc(-c2cc(O)c(O)c([N+](=O)[O-])c2C(=O)OC(C)C)no1. The fourth-order valence-corrected chi connectivity index (χ4v) is 1.89. The molecule has 0 aliphatic carbocycles. The molecule has 2 N–H and O–H groups in total. The van der Waals surface area contributed by atoms with Gasteiger partial charge in [0.05, 0.1) is 11.0 Å². The van der Waals surface area contributed by atoms with E-state index in [1.54, 1.807) is 13.8 Å². The summed E-state index contributed by atoms with van der Waals surface area (Å²) < 4.78 is 9.75. The van der Waals surface area contributed by atoms with E-state index in [4.69, 9.17) is 9.26 Å². The van der Waals surface area contributed by atoms with Gasteiger partial charge in [-0.25, -0.2) is 4.79 Å². The molecule has 1 aromatic carbocycles. The van der Waals surface area contributed by atoms with Gasteiger partial charge in [0.25, 0.3) is 0 Å². The number of phenolic OH excluding ortho intramolecular Hbond substituents is 2. The van der Waals surface area contributed by atoms with Crippen LogP contribution in [0.2, 0.25) is 0 Å². The van der Waals surface area contributed by atoms with Crippen LogP contribution < -0.4 is 0 Å². The molecular formula is C13H13N3O7. The molecule has 0 saturated carbocycles. The van der Waals surface area contributed by atoms with E-state index in [2.05, 4.69) is 10.1 Å². The summed E-state index contributed by atoms with van der Waals surface area (Å²) in [6.45, 7) is 4.60. The van der Waals surface area contributed by atoms with Crippen molar-refractivity contribution in [1.29, 1.82) is 0 Å². The Kier molecular flexibility index (Phi) is 4.16. The van der Waals surface area contributed by atoms with Crippen LogP contribution in [-0.4, -0.2) is 37.4 Å². The van der Waals surface area contributed by atoms with E-state index < -0.39 is 39.7 Å². The van der Waals surface area contributed by atoms with E-state index in [9.17, 15) is 25.1 Å². The monoisotopic (exact) mass is 323 g/mol. The number of hydrogen-bond acceptors (Lipinski definition) is 9. The number of esters is 1. The zero-order chi connectivity index (χ0) is 17.3. The summed E-state index contributed by atoms with van der Waals surface area (Å²) in [7, 11) is 0. The number of benzene rings is 1. The van der Waals surface area contributed by atoms with Crippen molar-refractivity contribution in [1.82, 2.24) is 10.1 Å². The largest absolute Gasteiger partial charge is 0.504 e. The number of aryl methyl sites for hydroxylation is 1. The highest BCUT2D eigenvalue weighted by molar-refractivity contribution is 6.02. The minimum absolute atomic E-state index is 0.151. The minimum Gasteiger partial charge on any atom is -0.504 e. The van der Waals surface area contributed by atoms with Gasteiger partial charge in [-0.1, -0.05) is 5.16 Å². The van der Waals surface area contributed by atoms with Gasteiger partial charge in [-0.3, -0.25) is 10.1 Å². The van der Waals surface area contributed by atoms with E-state index in [0.717, 1.165) is 6.07 Å². The Balaban J connectivity index is 2.79. The number of ether oxygens (including phenoxy) is 1. The van der Waals surface area contributed by atoms with Crippen LogP contribution >= 0.6 is 0 Å². The summed E-state index contributed by atoms with van der Waals surface area (Å²) in [6.07, 6.45) is -0.557. The van der Waals surface area contributed by atoms with E-state index in [0.29, 0.717) is 0 Å². The molecule has 0 fully saturated rings. The standard InChI is InChI=1S/C13H13N3O7/c1-5(2)22-13(19)9-7(12-14-6(3)23-15-12)4-8(17)11(18)10(9)16(20)21/h4-5,17-18H,1-3H3. The molecule has 0 aliphatic rings. The maximum Gasteiger partial charge on any atom is 0.346 e. The summed E-state index contributed by atoms with van der Waals surface area (Å²) >= 11 is 0. The Hall–Kier alpha value is -3.17. The first-order chi connectivity index (χ1) is 10.7. The van der Waals surface area contributed by atoms with E-state index in [-0.39, 0.29) is 17.3 Å². The van der Waals surface area contributed by atoms with Crippen LogP contribution in [0.25, 0.3) is 11.4 Å². The van der Waals surface area contributed by atoms with Crippen LogP contribution in [0.3, 0.4) is 0 Å². The topological polar surface area (TPSA) is 149 Å². The van der Waals surface area contributed by atoms with Gasteiger partial charge in [0.1, 0.15) is 0 Å². The summed E-state index contributed by atoms with van der Waals surface area (Å²) in [5.74, 6) is -2.90. The molecule has 0 radical (unpaired) electrons. The molecular weight excluding hydrogens is 310 g/mol. The zero-order valence-corrected chi connectivity index (χ0v) is 12.4. The number of carbonyl (C=O) groups excluding carboxylic acids is 1. The van der Waals surface area contributed by atoms with Gasteiger partial charge in [-0.05, 0) is 19.9 Å². The third-order valence-corrected chi connectivity index (χ3v) is 2.75. The van der Waals surface area contributed by atoms with E-state index in [1.165, 1.54) is 6.92 Å². The molecule has 0 unspecified atom stereocenters. The second-order valence-electron chi connectivity index (χ2n) is 4.86. The Bertz CT molecular complexity index is 782. The Morgan fingerprint density at radius 2 is 2.09 bits per heavy atom. The van der Waals surface area contributed by atoms with Gasteiger partial charge >= 0.3 is 11.7 Å². The lowest BCUT2D eigenvalue weighted by Gasteiger charge is -2.12. The van der Waals surface area contributed by atoms with Crippen LogP contribution in [0.4, 0.5) is 5.69 Å². The predicted octanol–water partition coefficient (Wildman–Crippen LogP) is 1.93. The third-order valence-electron chi connectivity index (χ3n) is 2.75. The van der Waals surface area contributed by atoms with Crippen LogP contribution in [0.15, 0.2) is 10.6 Å². The van der Waals surface area contributed by atoms with Gasteiger partial charge in [0.2, 0.25) is 17.5 Å². The van der Waals surface area contributed by atoms with Crippen molar-refractivity contribution in [3.05, 3.63) is 27.6 Å². The number of aromatic hydroxyl groups is 2. The first-order valence-electron chi connectivity index (χ1n) is 6.47. The molecule has 0 bridgehead atoms. The quantitative estimate of drug-likeness (QED) is 0.372.